The van der Waals surface area contributed by atoms with Crippen molar-refractivity contribution in [2.45, 2.75) is 13.0 Å². The van der Waals surface area contributed by atoms with Crippen molar-refractivity contribution in [3.05, 3.63) is 64.7 Å². The summed E-state index contributed by atoms with van der Waals surface area (Å²) >= 11 is 6.33. The van der Waals surface area contributed by atoms with E-state index in [-0.39, 0.29) is 41.7 Å². The lowest BCUT2D eigenvalue weighted by Crippen LogP contribution is -2.49. The van der Waals surface area contributed by atoms with Crippen molar-refractivity contribution in [1.29, 1.82) is 0 Å². The number of nitrogens with one attached hydrogen (secondary N) is 2. The zero-order valence-electron chi connectivity index (χ0n) is 17.7. The Balaban J connectivity index is 1.78. The number of halogens is 3. The fourth-order valence-electron chi connectivity index (χ4n) is 3.18. The van der Waals surface area contributed by atoms with E-state index in [4.69, 9.17) is 11.6 Å². The average Bonchev–Trinajstić information content (AvgIpc) is 2.81. The van der Waals surface area contributed by atoms with E-state index in [1.54, 1.807) is 35.8 Å². The Morgan fingerprint density at radius 1 is 1.03 bits per heavy atom. The molecule has 3 rings (SSSR count). The lowest BCUT2D eigenvalue weighted by molar-refractivity contribution is -0.132. The molecule has 1 heterocycles. The number of carbonyl (C=O) groups is 3. The van der Waals surface area contributed by atoms with Crippen LogP contribution in [0.1, 0.15) is 15.9 Å². The normalized spacial score (nSPS) is 15.0. The number of hydrogen-bond acceptors (Lipinski definition) is 5. The number of sulfone groups is 1. The average molecular weight is 515 g/mol. The van der Waals surface area contributed by atoms with Gasteiger partial charge in [0.05, 0.1) is 18.1 Å². The topological polar surface area (TPSA) is 116 Å². The predicted octanol–water partition coefficient (Wildman–Crippen LogP) is 2.22. The van der Waals surface area contributed by atoms with Gasteiger partial charge in [0.25, 0.3) is 5.91 Å². The highest BCUT2D eigenvalue weighted by Gasteiger charge is 2.29. The minimum atomic E-state index is -3.28. The van der Waals surface area contributed by atoms with Crippen LogP contribution in [0.5, 0.6) is 0 Å². The Hall–Kier alpha value is -3.25. The number of urea groups is 1. The van der Waals surface area contributed by atoms with Gasteiger partial charge in [0, 0.05) is 29.4 Å². The van der Waals surface area contributed by atoms with Gasteiger partial charge >= 0.3 is 18.4 Å². The molecule has 1 saturated heterocycles. The second-order valence-corrected chi connectivity index (χ2v) is 10.1. The number of rotatable bonds is 5. The van der Waals surface area contributed by atoms with Crippen molar-refractivity contribution >= 4 is 45.0 Å². The van der Waals surface area contributed by atoms with Crippen LogP contribution in [-0.2, 0) is 21.2 Å². The van der Waals surface area contributed by atoms with Crippen molar-refractivity contribution in [3.63, 3.8) is 0 Å². The first-order valence-corrected chi connectivity index (χ1v) is 12.3. The third kappa shape index (κ3) is 6.41. The van der Waals surface area contributed by atoms with Gasteiger partial charge in [-0.2, -0.15) is 8.78 Å². The highest BCUT2D eigenvalue weighted by molar-refractivity contribution is 7.91. The molecule has 1 fully saturated rings. The number of alkyl halides is 2. The van der Waals surface area contributed by atoms with E-state index in [1.165, 1.54) is 28.0 Å². The quantitative estimate of drug-likeness (QED) is 0.594. The van der Waals surface area contributed by atoms with Crippen LogP contribution in [0.4, 0.5) is 19.3 Å². The van der Waals surface area contributed by atoms with E-state index in [1.807, 2.05) is 5.43 Å². The summed E-state index contributed by atoms with van der Waals surface area (Å²) in [4.78, 5) is 39.2. The van der Waals surface area contributed by atoms with Crippen LogP contribution in [0.25, 0.3) is 0 Å². The van der Waals surface area contributed by atoms with Crippen molar-refractivity contribution in [2.75, 3.05) is 29.5 Å². The summed E-state index contributed by atoms with van der Waals surface area (Å²) < 4.78 is 48.0. The number of carbonyl (C=O) groups excluding carboxylic acids is 3. The van der Waals surface area contributed by atoms with Gasteiger partial charge in [-0.25, -0.2) is 13.2 Å². The van der Waals surface area contributed by atoms with Crippen LogP contribution in [0.3, 0.4) is 0 Å². The third-order valence-electron chi connectivity index (χ3n) is 5.05. The molecule has 0 aromatic heterocycles. The highest BCUT2D eigenvalue weighted by Crippen LogP contribution is 2.25. The van der Waals surface area contributed by atoms with Crippen LogP contribution in [-0.4, -0.2) is 62.2 Å². The zero-order chi connectivity index (χ0) is 24.9. The predicted molar refractivity (Wildman–Crippen MR) is 121 cm³/mol. The Kier molecular flexibility index (Phi) is 8.05. The standard InChI is InChI=1S/C21H21ClF2N4O5S/c22-17-12-14(19(29)25-26-20(30)18(23)24)6-7-15(17)13-28(16-4-2-1-3-5-16)21(31)27-8-10-34(32,33)11-9-27/h1-7,12,18H,8-11,13H2,(H,25,29)(H,26,30). The lowest BCUT2D eigenvalue weighted by atomic mass is 10.1. The molecule has 0 spiro atoms. The second kappa shape index (κ2) is 10.8. The Bertz CT molecular complexity index is 1170. The van der Waals surface area contributed by atoms with E-state index in [0.29, 0.717) is 11.3 Å². The third-order valence-corrected chi connectivity index (χ3v) is 7.02. The van der Waals surface area contributed by atoms with E-state index in [0.717, 1.165) is 0 Å². The molecule has 0 radical (unpaired) electrons. The van der Waals surface area contributed by atoms with Gasteiger partial charge in [-0.1, -0.05) is 35.9 Å². The van der Waals surface area contributed by atoms with Gasteiger partial charge < -0.3 is 4.90 Å². The smallest absolute Gasteiger partial charge is 0.322 e. The minimum Gasteiger partial charge on any atom is -0.322 e. The number of amides is 4. The van der Waals surface area contributed by atoms with Gasteiger partial charge in [-0.05, 0) is 29.8 Å². The van der Waals surface area contributed by atoms with Gasteiger partial charge in [-0.3, -0.25) is 25.3 Å². The van der Waals surface area contributed by atoms with E-state index in [2.05, 4.69) is 0 Å². The molecule has 0 bridgehead atoms. The Labute approximate surface area is 199 Å². The van der Waals surface area contributed by atoms with Gasteiger partial charge in [0.15, 0.2) is 9.84 Å². The van der Waals surface area contributed by atoms with Crippen molar-refractivity contribution in [2.24, 2.45) is 0 Å². The fraction of sp³-hybridized carbons (Fsp3) is 0.286. The first kappa shape index (κ1) is 25.4. The highest BCUT2D eigenvalue weighted by atomic mass is 35.5. The van der Waals surface area contributed by atoms with Crippen molar-refractivity contribution in [1.82, 2.24) is 15.8 Å². The largest absolute Gasteiger partial charge is 0.324 e. The molecule has 182 valence electrons. The minimum absolute atomic E-state index is 0.00198. The number of anilines is 1. The molecular formula is C21H21ClF2N4O5S. The molecule has 0 atom stereocenters. The summed E-state index contributed by atoms with van der Waals surface area (Å²) in [6.07, 6.45) is -3.28. The summed E-state index contributed by atoms with van der Waals surface area (Å²) in [6.45, 7) is 0.165. The molecule has 0 saturated carbocycles. The molecule has 13 heteroatoms. The molecule has 2 aromatic carbocycles. The summed E-state index contributed by atoms with van der Waals surface area (Å²) in [5.74, 6) is -2.74. The number of nitrogens with zero attached hydrogens (tertiary/aromatic N) is 2. The number of hydrogen-bond donors (Lipinski definition) is 2. The Morgan fingerprint density at radius 3 is 2.26 bits per heavy atom. The van der Waals surface area contributed by atoms with Crippen LogP contribution >= 0.6 is 11.6 Å². The SMILES string of the molecule is O=C(NNC(=O)C(F)F)c1ccc(CN(C(=O)N2CCS(=O)(=O)CC2)c2ccccc2)c(Cl)c1. The zero-order valence-corrected chi connectivity index (χ0v) is 19.3. The van der Waals surface area contributed by atoms with Crippen molar-refractivity contribution in [3.8, 4) is 0 Å². The van der Waals surface area contributed by atoms with E-state index < -0.39 is 34.1 Å². The van der Waals surface area contributed by atoms with Gasteiger partial charge in [0.2, 0.25) is 0 Å². The van der Waals surface area contributed by atoms with Crippen LogP contribution in [0.15, 0.2) is 48.5 Å². The van der Waals surface area contributed by atoms with Crippen LogP contribution < -0.4 is 15.8 Å². The summed E-state index contributed by atoms with van der Waals surface area (Å²) in [5.41, 5.74) is 4.50. The molecule has 2 N–H and O–H groups in total. The maximum atomic E-state index is 13.3. The van der Waals surface area contributed by atoms with Crippen LogP contribution in [0, 0.1) is 0 Å². The van der Waals surface area contributed by atoms with Crippen LogP contribution in [0.2, 0.25) is 5.02 Å². The molecule has 0 unspecified atom stereocenters. The molecule has 9 nitrogen and oxygen atoms in total. The fourth-order valence-corrected chi connectivity index (χ4v) is 4.63. The molecular weight excluding hydrogens is 494 g/mol. The molecule has 2 aromatic rings. The summed E-state index contributed by atoms with van der Waals surface area (Å²) in [5, 5.41) is 0.128. The first-order valence-electron chi connectivity index (χ1n) is 10.1. The monoisotopic (exact) mass is 514 g/mol. The number of para-hydroxylation sites is 1. The maximum absolute atomic E-state index is 13.3. The molecule has 4 amide bonds. The van der Waals surface area contributed by atoms with Gasteiger partial charge in [0.1, 0.15) is 0 Å². The summed E-state index contributed by atoms with van der Waals surface area (Å²) in [6, 6.07) is 12.5. The Morgan fingerprint density at radius 2 is 1.68 bits per heavy atom. The molecule has 1 aliphatic rings. The number of hydrazine groups is 1. The molecule has 1 aliphatic heterocycles. The molecule has 0 aliphatic carbocycles. The molecule has 34 heavy (non-hydrogen) atoms. The first-order chi connectivity index (χ1) is 16.1. The van der Waals surface area contributed by atoms with E-state index >= 15 is 0 Å². The van der Waals surface area contributed by atoms with Crippen molar-refractivity contribution < 1.29 is 31.6 Å². The maximum Gasteiger partial charge on any atom is 0.324 e. The number of benzene rings is 2. The summed E-state index contributed by atoms with van der Waals surface area (Å²) in [7, 11) is -3.17. The lowest BCUT2D eigenvalue weighted by Gasteiger charge is -2.33. The second-order valence-electron chi connectivity index (χ2n) is 7.39. The van der Waals surface area contributed by atoms with Gasteiger partial charge in [-0.15, -0.1) is 0 Å². The van der Waals surface area contributed by atoms with E-state index in [9.17, 15) is 31.6 Å².